The molecule has 5 rings (SSSR count). The first-order chi connectivity index (χ1) is 20.8. The molecule has 0 bridgehead atoms. The maximum absolute atomic E-state index is 12.5. The molecule has 3 fully saturated rings. The molecule has 1 heterocycles. The number of aliphatic hydroxyl groups excluding tert-OH is 1. The minimum atomic E-state index is -0.255. The molecule has 3 N–H and O–H groups in total. The number of fused-ring (bicyclic) bond motifs is 5. The third kappa shape index (κ3) is 7.26. The summed E-state index contributed by atoms with van der Waals surface area (Å²) in [6.45, 7) is 5.67. The fourth-order valence-electron chi connectivity index (χ4n) is 9.67. The topological polar surface area (TPSA) is 89.9 Å². The number of benzene rings is 1. The summed E-state index contributed by atoms with van der Waals surface area (Å²) in [5, 5.41) is 24.2. The molecular formula is C37H58N2O4. The van der Waals surface area contributed by atoms with E-state index in [-0.39, 0.29) is 29.4 Å². The van der Waals surface area contributed by atoms with Crippen molar-refractivity contribution in [3.63, 3.8) is 0 Å². The first kappa shape index (κ1) is 32.3. The minimum absolute atomic E-state index is 0.0312. The van der Waals surface area contributed by atoms with Crippen molar-refractivity contribution in [2.45, 2.75) is 147 Å². The molecular weight excluding hydrogens is 536 g/mol. The number of hydrogen-bond acceptors (Lipinski definition) is 4. The van der Waals surface area contributed by atoms with Crippen molar-refractivity contribution < 1.29 is 19.8 Å². The van der Waals surface area contributed by atoms with Gasteiger partial charge in [-0.3, -0.25) is 9.59 Å². The van der Waals surface area contributed by atoms with Crippen molar-refractivity contribution in [1.82, 2.24) is 10.2 Å². The quantitative estimate of drug-likeness (QED) is 0.198. The average molecular weight is 595 g/mol. The number of unbranched alkanes of at least 4 members (excludes halogenated alkanes) is 8. The van der Waals surface area contributed by atoms with Gasteiger partial charge in [-0.25, -0.2) is 0 Å². The highest BCUT2D eigenvalue weighted by Crippen LogP contribution is 2.62. The second-order valence-electron chi connectivity index (χ2n) is 14.6. The van der Waals surface area contributed by atoms with Crippen LogP contribution in [0, 0.1) is 23.2 Å². The fraction of sp³-hybridized carbons (Fsp3) is 0.784. The zero-order chi connectivity index (χ0) is 30.4. The monoisotopic (exact) mass is 594 g/mol. The number of aromatic hydroxyl groups is 1. The highest BCUT2D eigenvalue weighted by atomic mass is 16.3. The summed E-state index contributed by atoms with van der Waals surface area (Å²) in [6.07, 6.45) is 20.0. The molecule has 6 heteroatoms. The highest BCUT2D eigenvalue weighted by Gasteiger charge is 2.56. The summed E-state index contributed by atoms with van der Waals surface area (Å²) < 4.78 is 0. The normalized spacial score (nSPS) is 31.4. The van der Waals surface area contributed by atoms with Crippen LogP contribution in [0.1, 0.15) is 140 Å². The van der Waals surface area contributed by atoms with E-state index in [1.165, 1.54) is 75.3 Å². The molecule has 0 unspecified atom stereocenters. The second-order valence-corrected chi connectivity index (χ2v) is 14.6. The van der Waals surface area contributed by atoms with Crippen molar-refractivity contribution in [2.24, 2.45) is 23.2 Å². The Hall–Kier alpha value is -2.08. The lowest BCUT2D eigenvalue weighted by molar-refractivity contribution is -0.138. The molecule has 4 aliphatic rings. The first-order valence-corrected chi connectivity index (χ1v) is 17.9. The van der Waals surface area contributed by atoms with Gasteiger partial charge in [-0.15, -0.1) is 0 Å². The molecule has 1 aromatic rings. The highest BCUT2D eigenvalue weighted by molar-refractivity contribution is 5.88. The number of likely N-dealkylation sites (tertiary alicyclic amines) is 1. The van der Waals surface area contributed by atoms with Gasteiger partial charge in [0.15, 0.2) is 0 Å². The Bertz CT molecular complexity index is 1090. The smallest absolute Gasteiger partial charge is 0.242 e. The molecule has 2 saturated carbocycles. The van der Waals surface area contributed by atoms with Crippen LogP contribution in [0.2, 0.25) is 0 Å². The molecule has 6 nitrogen and oxygen atoms in total. The third-order valence-electron chi connectivity index (χ3n) is 12.1. The van der Waals surface area contributed by atoms with E-state index in [1.54, 1.807) is 4.90 Å². The third-order valence-corrected chi connectivity index (χ3v) is 12.1. The maximum atomic E-state index is 12.5. The lowest BCUT2D eigenvalue weighted by Gasteiger charge is -2.53. The molecule has 3 aliphatic carbocycles. The van der Waals surface area contributed by atoms with Crippen LogP contribution in [-0.2, 0) is 16.0 Å². The van der Waals surface area contributed by atoms with E-state index in [0.29, 0.717) is 35.8 Å². The Morgan fingerprint density at radius 1 is 0.977 bits per heavy atom. The Kier molecular flexibility index (Phi) is 11.1. The van der Waals surface area contributed by atoms with Crippen LogP contribution in [0.4, 0.5) is 0 Å². The van der Waals surface area contributed by atoms with Gasteiger partial charge in [0, 0.05) is 19.5 Å². The summed E-state index contributed by atoms with van der Waals surface area (Å²) in [4.78, 5) is 26.3. The predicted octanol–water partition coefficient (Wildman–Crippen LogP) is 7.25. The van der Waals surface area contributed by atoms with Crippen LogP contribution < -0.4 is 5.32 Å². The van der Waals surface area contributed by atoms with Crippen molar-refractivity contribution in [1.29, 1.82) is 0 Å². The molecule has 2 amide bonds. The predicted molar refractivity (Wildman–Crippen MR) is 172 cm³/mol. The van der Waals surface area contributed by atoms with Crippen molar-refractivity contribution in [3.05, 3.63) is 29.3 Å². The minimum Gasteiger partial charge on any atom is -0.508 e. The Balaban J connectivity index is 0.966. The van der Waals surface area contributed by atoms with Crippen molar-refractivity contribution in [3.8, 4) is 5.75 Å². The van der Waals surface area contributed by atoms with Crippen molar-refractivity contribution >= 4 is 11.8 Å². The van der Waals surface area contributed by atoms with Gasteiger partial charge in [0.25, 0.3) is 0 Å². The second kappa shape index (κ2) is 14.8. The number of nitrogens with zero attached hydrogens (tertiary/aromatic N) is 1. The molecule has 1 aliphatic heterocycles. The van der Waals surface area contributed by atoms with Gasteiger partial charge >= 0.3 is 0 Å². The number of amides is 2. The molecule has 0 radical (unpaired) electrons. The molecule has 43 heavy (non-hydrogen) atoms. The van der Waals surface area contributed by atoms with Crippen molar-refractivity contribution in [2.75, 3.05) is 13.1 Å². The summed E-state index contributed by atoms with van der Waals surface area (Å²) in [5.41, 5.74) is 2.94. The van der Waals surface area contributed by atoms with Gasteiger partial charge in [0.2, 0.25) is 11.8 Å². The fourth-order valence-corrected chi connectivity index (χ4v) is 9.67. The van der Waals surface area contributed by atoms with Gasteiger partial charge in [-0.2, -0.15) is 0 Å². The van der Waals surface area contributed by atoms with Crippen LogP contribution in [0.5, 0.6) is 5.75 Å². The Labute approximate surface area is 260 Å². The van der Waals surface area contributed by atoms with Crippen LogP contribution in [0.15, 0.2) is 18.2 Å². The first-order valence-electron chi connectivity index (χ1n) is 17.9. The molecule has 7 atom stereocenters. The summed E-state index contributed by atoms with van der Waals surface area (Å²) in [5.74, 6) is 3.08. The van der Waals surface area contributed by atoms with E-state index in [2.05, 4.69) is 18.3 Å². The van der Waals surface area contributed by atoms with Crippen LogP contribution in [-0.4, -0.2) is 52.2 Å². The van der Waals surface area contributed by atoms with E-state index in [0.717, 1.165) is 58.0 Å². The number of phenols is 1. The number of rotatable bonds is 14. The van der Waals surface area contributed by atoms with Gasteiger partial charge < -0.3 is 20.4 Å². The Morgan fingerprint density at radius 3 is 2.44 bits per heavy atom. The molecule has 1 saturated heterocycles. The number of carbonyl (C=O) groups is 2. The molecule has 240 valence electrons. The summed E-state index contributed by atoms with van der Waals surface area (Å²) in [6, 6.07) is 5.86. The number of phenolic OH excluding ortho intramolecular Hbond substituents is 1. The van der Waals surface area contributed by atoms with Gasteiger partial charge in [-0.05, 0) is 110 Å². The maximum Gasteiger partial charge on any atom is 0.242 e. The average Bonchev–Trinajstić information content (AvgIpc) is 3.61. The van der Waals surface area contributed by atoms with Gasteiger partial charge in [0.05, 0.1) is 6.10 Å². The number of nitrogens with one attached hydrogen (secondary N) is 1. The van der Waals surface area contributed by atoms with Gasteiger partial charge in [0.1, 0.15) is 11.8 Å². The van der Waals surface area contributed by atoms with E-state index >= 15 is 0 Å². The lowest BCUT2D eigenvalue weighted by Crippen LogP contribution is -2.47. The van der Waals surface area contributed by atoms with E-state index in [1.807, 2.05) is 19.1 Å². The molecule has 0 spiro atoms. The summed E-state index contributed by atoms with van der Waals surface area (Å²) >= 11 is 0. The number of carbonyl (C=O) groups excluding carboxylic acids is 2. The summed E-state index contributed by atoms with van der Waals surface area (Å²) in [7, 11) is 0. The van der Waals surface area contributed by atoms with E-state index in [4.69, 9.17) is 0 Å². The standard InChI is InChI=1S/C37H58N2O4/c1-3-34(42)39-23-13-15-32(39)36(43)38-22-12-10-8-6-4-5-7-9-11-14-26-24-27-25-28(40)16-17-29(27)30-20-21-37(2)31(35(26)30)18-19-33(37)41/h16-17,25-26,30-33,35,40-41H,3-15,18-24H2,1-2H3,(H,38,43)/t26-,30-,31+,32-,33+,35-,37+/m1/s1. The zero-order valence-electron chi connectivity index (χ0n) is 27.0. The lowest BCUT2D eigenvalue weighted by atomic mass is 9.52. The van der Waals surface area contributed by atoms with Crippen LogP contribution >= 0.6 is 0 Å². The molecule has 1 aromatic carbocycles. The van der Waals surface area contributed by atoms with E-state index in [9.17, 15) is 19.8 Å². The van der Waals surface area contributed by atoms with Crippen LogP contribution in [0.25, 0.3) is 0 Å². The SMILES string of the molecule is CCC(=O)N1CCC[C@@H]1C(=O)NCCCCCCCCCCC[C@@H]1Cc2cc(O)ccc2[C@H]2CC[C@]3(C)[C@@H](O)CC[C@H]3[C@H]12. The Morgan fingerprint density at radius 2 is 1.70 bits per heavy atom. The number of aliphatic hydroxyl groups is 1. The largest absolute Gasteiger partial charge is 0.508 e. The van der Waals surface area contributed by atoms with Crippen LogP contribution in [0.3, 0.4) is 0 Å². The number of hydrogen-bond donors (Lipinski definition) is 3. The zero-order valence-corrected chi connectivity index (χ0v) is 27.0. The van der Waals surface area contributed by atoms with Gasteiger partial charge in [-0.1, -0.05) is 71.3 Å². The molecule has 0 aromatic heterocycles. The van der Waals surface area contributed by atoms with E-state index < -0.39 is 0 Å².